The summed E-state index contributed by atoms with van der Waals surface area (Å²) in [4.78, 5) is 7.75. The highest BCUT2D eigenvalue weighted by molar-refractivity contribution is 5.90. The number of nitriles is 2. The van der Waals surface area contributed by atoms with Crippen molar-refractivity contribution >= 4 is 22.7 Å². The van der Waals surface area contributed by atoms with Crippen molar-refractivity contribution in [3.8, 4) is 17.8 Å². The molecule has 2 aromatic heterocycles. The van der Waals surface area contributed by atoms with Crippen molar-refractivity contribution in [2.24, 2.45) is 0 Å². The third kappa shape index (κ3) is 2.96. The van der Waals surface area contributed by atoms with Crippen LogP contribution in [0.3, 0.4) is 0 Å². The van der Waals surface area contributed by atoms with Gasteiger partial charge in [-0.05, 0) is 68.0 Å². The first-order valence-electron chi connectivity index (χ1n) is 8.87. The largest absolute Gasteiger partial charge is 0.337 e. The van der Waals surface area contributed by atoms with Gasteiger partial charge < -0.3 is 9.55 Å². The first-order valence-corrected chi connectivity index (χ1v) is 8.87. The van der Waals surface area contributed by atoms with Gasteiger partial charge in [0, 0.05) is 17.1 Å². The number of hydrogen-bond acceptors (Lipinski definition) is 3. The van der Waals surface area contributed by atoms with Crippen LogP contribution in [0.25, 0.3) is 28.4 Å². The third-order valence-corrected chi connectivity index (χ3v) is 4.79. The van der Waals surface area contributed by atoms with E-state index in [-0.39, 0.29) is 0 Å². The van der Waals surface area contributed by atoms with Crippen LogP contribution in [0.1, 0.15) is 28.3 Å². The van der Waals surface area contributed by atoms with Gasteiger partial charge in [0.2, 0.25) is 0 Å². The van der Waals surface area contributed by atoms with E-state index in [2.05, 4.69) is 26.7 Å². The van der Waals surface area contributed by atoms with Gasteiger partial charge in [0.05, 0.1) is 28.2 Å². The van der Waals surface area contributed by atoms with E-state index in [1.165, 1.54) is 0 Å². The Labute approximate surface area is 162 Å². The molecule has 1 N–H and O–H groups in total. The van der Waals surface area contributed by atoms with Gasteiger partial charge in [0.15, 0.2) is 0 Å². The molecule has 0 spiro atoms. The Kier molecular flexibility index (Phi) is 4.27. The number of nitrogens with zero attached hydrogens (tertiary/aromatic N) is 4. The van der Waals surface area contributed by atoms with Crippen LogP contribution in [0, 0.1) is 36.5 Å². The summed E-state index contributed by atoms with van der Waals surface area (Å²) < 4.78 is 2.11. The zero-order chi connectivity index (χ0) is 19.7. The Morgan fingerprint density at radius 3 is 2.50 bits per heavy atom. The second-order valence-corrected chi connectivity index (χ2v) is 6.59. The highest BCUT2D eigenvalue weighted by Crippen LogP contribution is 2.25. The molecule has 0 aliphatic rings. The molecule has 28 heavy (non-hydrogen) atoms. The number of fused-ring (bicyclic) bond motifs is 1. The van der Waals surface area contributed by atoms with Crippen molar-refractivity contribution in [2.75, 3.05) is 0 Å². The van der Waals surface area contributed by atoms with Crippen LogP contribution in [0.4, 0.5) is 0 Å². The molecule has 0 atom stereocenters. The lowest BCUT2D eigenvalue weighted by molar-refractivity contribution is 0.964. The zero-order valence-corrected chi connectivity index (χ0v) is 15.6. The minimum Gasteiger partial charge on any atom is -0.337 e. The molecular weight excluding hydrogens is 346 g/mol. The van der Waals surface area contributed by atoms with Crippen LogP contribution < -0.4 is 0 Å². The minimum absolute atomic E-state index is 0.483. The third-order valence-electron chi connectivity index (χ3n) is 4.79. The molecule has 0 radical (unpaired) electrons. The second-order valence-electron chi connectivity index (χ2n) is 6.59. The minimum atomic E-state index is 0.483. The Morgan fingerprint density at radius 2 is 1.82 bits per heavy atom. The van der Waals surface area contributed by atoms with Crippen LogP contribution in [0.15, 0.2) is 54.6 Å². The highest BCUT2D eigenvalue weighted by Gasteiger charge is 2.13. The maximum Gasteiger partial charge on any atom is 0.149 e. The topological polar surface area (TPSA) is 81.2 Å². The van der Waals surface area contributed by atoms with Gasteiger partial charge in [-0.2, -0.15) is 10.5 Å². The molecule has 5 nitrogen and oxygen atoms in total. The maximum atomic E-state index is 9.69. The first kappa shape index (κ1) is 17.3. The highest BCUT2D eigenvalue weighted by atomic mass is 15.0. The number of hydrogen-bond donors (Lipinski definition) is 1. The molecule has 5 heteroatoms. The number of nitrogens with one attached hydrogen (secondary N) is 1. The van der Waals surface area contributed by atoms with Gasteiger partial charge in [-0.25, -0.2) is 4.98 Å². The van der Waals surface area contributed by atoms with Gasteiger partial charge in [-0.1, -0.05) is 12.1 Å². The molecule has 4 aromatic rings. The van der Waals surface area contributed by atoms with E-state index in [0.717, 1.165) is 33.7 Å². The maximum absolute atomic E-state index is 9.69. The number of rotatable bonds is 3. The summed E-state index contributed by atoms with van der Waals surface area (Å²) in [7, 11) is 0. The lowest BCUT2D eigenvalue weighted by Crippen LogP contribution is -1.99. The van der Waals surface area contributed by atoms with E-state index < -0.39 is 0 Å². The predicted octanol–water partition coefficient (Wildman–Crippen LogP) is 4.91. The molecule has 0 aliphatic carbocycles. The summed E-state index contributed by atoms with van der Waals surface area (Å²) in [5.74, 6) is 0.562. The SMILES string of the molecule is Cc1cc(/C=C(\C#N)c2nc3ccccc3[nH]2)c(C)n1-c1ccc(C#N)cc1. The quantitative estimate of drug-likeness (QED) is 0.525. The Hall–Kier alpha value is -4.09. The fraction of sp³-hybridized carbons (Fsp3) is 0.0870. The van der Waals surface area contributed by atoms with Crippen LogP contribution in [-0.2, 0) is 0 Å². The summed E-state index contributed by atoms with van der Waals surface area (Å²) >= 11 is 0. The van der Waals surface area contributed by atoms with Crippen molar-refractivity contribution in [3.05, 3.63) is 82.9 Å². The average Bonchev–Trinajstić information content (AvgIpc) is 3.26. The van der Waals surface area contributed by atoms with E-state index in [1.54, 1.807) is 12.1 Å². The van der Waals surface area contributed by atoms with Crippen molar-refractivity contribution in [1.29, 1.82) is 10.5 Å². The summed E-state index contributed by atoms with van der Waals surface area (Å²) in [6, 6.07) is 21.6. The van der Waals surface area contributed by atoms with Crippen LogP contribution in [0.5, 0.6) is 0 Å². The second kappa shape index (κ2) is 6.90. The normalized spacial score (nSPS) is 11.4. The Bertz CT molecular complexity index is 1250. The molecule has 0 saturated carbocycles. The number of para-hydroxylation sites is 2. The molecule has 2 heterocycles. The van der Waals surface area contributed by atoms with Gasteiger partial charge in [-0.3, -0.25) is 0 Å². The average molecular weight is 363 g/mol. The van der Waals surface area contributed by atoms with E-state index in [1.807, 2.05) is 62.4 Å². The smallest absolute Gasteiger partial charge is 0.149 e. The molecule has 0 bridgehead atoms. The summed E-state index contributed by atoms with van der Waals surface area (Å²) in [5.41, 5.74) is 6.86. The van der Waals surface area contributed by atoms with E-state index in [4.69, 9.17) is 5.26 Å². The van der Waals surface area contributed by atoms with Crippen molar-refractivity contribution in [3.63, 3.8) is 0 Å². The Balaban J connectivity index is 1.78. The molecular formula is C23H17N5. The van der Waals surface area contributed by atoms with Crippen molar-refractivity contribution < 1.29 is 0 Å². The van der Waals surface area contributed by atoms with E-state index >= 15 is 0 Å². The monoisotopic (exact) mass is 363 g/mol. The van der Waals surface area contributed by atoms with Crippen LogP contribution >= 0.6 is 0 Å². The summed E-state index contributed by atoms with van der Waals surface area (Å²) in [6.45, 7) is 4.04. The summed E-state index contributed by atoms with van der Waals surface area (Å²) in [6.07, 6.45) is 1.86. The number of aryl methyl sites for hydroxylation is 1. The molecule has 4 rings (SSSR count). The van der Waals surface area contributed by atoms with Gasteiger partial charge in [-0.15, -0.1) is 0 Å². The fourth-order valence-corrected chi connectivity index (χ4v) is 3.41. The first-order chi connectivity index (χ1) is 13.6. The lowest BCUT2D eigenvalue weighted by Gasteiger charge is -2.09. The number of H-pyrrole nitrogens is 1. The lowest BCUT2D eigenvalue weighted by atomic mass is 10.1. The standard InChI is InChI=1S/C23H17N5/c1-15-11-18(16(2)28(15)20-9-7-17(13-24)8-10-20)12-19(14-25)23-26-21-5-3-4-6-22(21)27-23/h3-12H,1-2H3,(H,26,27)/b19-12+. The van der Waals surface area contributed by atoms with Gasteiger partial charge in [0.25, 0.3) is 0 Å². The Morgan fingerprint density at radius 1 is 1.07 bits per heavy atom. The molecule has 0 unspecified atom stereocenters. The molecule has 0 fully saturated rings. The fourth-order valence-electron chi connectivity index (χ4n) is 3.41. The number of aromatic amines is 1. The van der Waals surface area contributed by atoms with Crippen molar-refractivity contribution in [1.82, 2.24) is 14.5 Å². The van der Waals surface area contributed by atoms with Crippen molar-refractivity contribution in [2.45, 2.75) is 13.8 Å². The van der Waals surface area contributed by atoms with E-state index in [0.29, 0.717) is 17.0 Å². The predicted molar refractivity (Wildman–Crippen MR) is 110 cm³/mol. The zero-order valence-electron chi connectivity index (χ0n) is 15.6. The number of allylic oxidation sites excluding steroid dienone is 1. The molecule has 0 saturated heterocycles. The number of imidazole rings is 1. The van der Waals surface area contributed by atoms with E-state index in [9.17, 15) is 5.26 Å². The summed E-state index contributed by atoms with van der Waals surface area (Å²) in [5, 5.41) is 18.7. The van der Waals surface area contributed by atoms with Crippen LogP contribution in [-0.4, -0.2) is 14.5 Å². The number of aromatic nitrogens is 3. The number of benzene rings is 2. The van der Waals surface area contributed by atoms with Gasteiger partial charge >= 0.3 is 0 Å². The van der Waals surface area contributed by atoms with Crippen LogP contribution in [0.2, 0.25) is 0 Å². The molecule has 134 valence electrons. The molecule has 0 amide bonds. The molecule has 0 aliphatic heterocycles. The molecule has 2 aromatic carbocycles. The van der Waals surface area contributed by atoms with Gasteiger partial charge in [0.1, 0.15) is 11.9 Å².